The van der Waals surface area contributed by atoms with Crippen LogP contribution in [-0.2, 0) is 5.54 Å². The Bertz CT molecular complexity index is 1880. The third-order valence-electron chi connectivity index (χ3n) is 9.37. The zero-order valence-electron chi connectivity index (χ0n) is 24.5. The van der Waals surface area contributed by atoms with Crippen molar-refractivity contribution in [2.75, 3.05) is 4.90 Å². The number of aromatic nitrogens is 5. The van der Waals surface area contributed by atoms with Gasteiger partial charge in [0.05, 0.1) is 22.1 Å². The number of benzene rings is 4. The highest BCUT2D eigenvalue weighted by Gasteiger charge is 2.57. The first-order valence-corrected chi connectivity index (χ1v) is 14.7. The van der Waals surface area contributed by atoms with E-state index in [0.29, 0.717) is 17.6 Å². The Morgan fingerprint density at radius 3 is 1.64 bits per heavy atom. The van der Waals surface area contributed by atoms with Crippen LogP contribution >= 0.6 is 0 Å². The molecule has 4 aromatic carbocycles. The van der Waals surface area contributed by atoms with E-state index in [9.17, 15) is 0 Å². The minimum atomic E-state index is -0.322. The summed E-state index contributed by atoms with van der Waals surface area (Å²) in [5.41, 5.74) is 5.79. The molecule has 2 aromatic heterocycles. The summed E-state index contributed by atoms with van der Waals surface area (Å²) in [5, 5.41) is 0. The van der Waals surface area contributed by atoms with Gasteiger partial charge in [-0.1, -0.05) is 111 Å². The minimum Gasteiger partial charge on any atom is -0.301 e. The van der Waals surface area contributed by atoms with Gasteiger partial charge in [-0.3, -0.25) is 4.90 Å². The molecule has 42 heavy (non-hydrogen) atoms. The third kappa shape index (κ3) is 3.86. The number of nitrogens with zero attached hydrogens (tertiary/aromatic N) is 6. The Balaban J connectivity index is 1.44. The number of rotatable bonds is 6. The summed E-state index contributed by atoms with van der Waals surface area (Å²) in [6, 6.07) is 37.4. The topological polar surface area (TPSA) is 59.7 Å². The van der Waals surface area contributed by atoms with Crippen molar-refractivity contribution in [3.8, 4) is 33.9 Å². The number of hydrogen-bond acceptors (Lipinski definition) is 5. The van der Waals surface area contributed by atoms with E-state index in [1.54, 1.807) is 0 Å². The number of anilines is 2. The summed E-state index contributed by atoms with van der Waals surface area (Å²) in [4.78, 5) is 22.8. The highest BCUT2D eigenvalue weighted by atomic mass is 15.5. The quantitative estimate of drug-likeness (QED) is 0.208. The molecule has 1 aliphatic rings. The van der Waals surface area contributed by atoms with Gasteiger partial charge in [-0.2, -0.15) is 9.97 Å². The van der Waals surface area contributed by atoms with Crippen LogP contribution < -0.4 is 4.90 Å². The van der Waals surface area contributed by atoms with E-state index >= 15 is 0 Å². The predicted octanol–water partition coefficient (Wildman–Crippen LogP) is 8.67. The van der Waals surface area contributed by atoms with Gasteiger partial charge in [0.15, 0.2) is 11.6 Å². The summed E-state index contributed by atoms with van der Waals surface area (Å²) < 4.78 is 2.41. The molecule has 2 atom stereocenters. The van der Waals surface area contributed by atoms with E-state index in [-0.39, 0.29) is 11.1 Å². The maximum atomic E-state index is 5.18. The van der Waals surface area contributed by atoms with Crippen molar-refractivity contribution < 1.29 is 0 Å². The molecular formula is C36H34N6. The summed E-state index contributed by atoms with van der Waals surface area (Å²) in [5.74, 6) is 2.78. The third-order valence-corrected chi connectivity index (χ3v) is 9.37. The van der Waals surface area contributed by atoms with Crippen LogP contribution in [0.25, 0.3) is 44.9 Å². The first-order valence-electron chi connectivity index (χ1n) is 14.7. The van der Waals surface area contributed by atoms with Gasteiger partial charge >= 0.3 is 0 Å². The number of para-hydroxylation sites is 2. The molecule has 0 saturated heterocycles. The smallest absolute Gasteiger partial charge is 0.237 e. The van der Waals surface area contributed by atoms with Crippen molar-refractivity contribution in [2.45, 2.75) is 51.6 Å². The van der Waals surface area contributed by atoms with Gasteiger partial charge in [0.2, 0.25) is 11.9 Å². The molecule has 0 bridgehead atoms. The first kappa shape index (κ1) is 26.1. The Morgan fingerprint density at radius 1 is 0.524 bits per heavy atom. The second-order valence-corrected chi connectivity index (χ2v) is 11.4. The van der Waals surface area contributed by atoms with Crippen LogP contribution in [0.1, 0.15) is 40.5 Å². The Kier molecular flexibility index (Phi) is 6.15. The fraction of sp³-hybridized carbons (Fsp3) is 0.222. The van der Waals surface area contributed by atoms with Gasteiger partial charge in [0, 0.05) is 11.1 Å². The molecule has 0 amide bonds. The van der Waals surface area contributed by atoms with Gasteiger partial charge < -0.3 is 4.57 Å². The molecule has 0 N–H and O–H groups in total. The van der Waals surface area contributed by atoms with Crippen LogP contribution in [0, 0.1) is 0 Å². The second-order valence-electron chi connectivity index (χ2n) is 11.4. The summed E-state index contributed by atoms with van der Waals surface area (Å²) >= 11 is 0. The van der Waals surface area contributed by atoms with Crippen molar-refractivity contribution in [3.05, 3.63) is 109 Å². The number of hydrogen-bond donors (Lipinski definition) is 0. The molecule has 2 unspecified atom stereocenters. The van der Waals surface area contributed by atoms with Gasteiger partial charge in [0.25, 0.3) is 0 Å². The first-order chi connectivity index (χ1) is 20.5. The molecule has 0 spiro atoms. The van der Waals surface area contributed by atoms with Crippen molar-refractivity contribution in [2.24, 2.45) is 0 Å². The second kappa shape index (κ2) is 9.91. The van der Waals surface area contributed by atoms with Gasteiger partial charge in [0.1, 0.15) is 0 Å². The largest absolute Gasteiger partial charge is 0.301 e. The number of fused-ring (bicyclic) bond motifs is 3. The SMILES string of the molecule is CCC1(C)N(c2nc(-c3ccccc3)nc(-c3ccc(-c4ccccc4)cc3)n2)c2nc3ccccc3n2C1(C)CC. The summed E-state index contributed by atoms with van der Waals surface area (Å²) in [7, 11) is 0. The van der Waals surface area contributed by atoms with Gasteiger partial charge in [-0.15, -0.1) is 0 Å². The standard InChI is InChI=1S/C36H34N6/c1-5-35(3)36(4,6-2)42(34-37-29-19-13-14-20-30(29)41(34)35)33-39-31(27-17-11-8-12-18-27)38-32(40-33)28-23-21-26(22-24-28)25-15-9-7-10-16-25/h7-24H,5-6H2,1-4H3. The van der Waals surface area contributed by atoms with Crippen molar-refractivity contribution >= 4 is 22.9 Å². The zero-order valence-corrected chi connectivity index (χ0v) is 24.5. The maximum Gasteiger partial charge on any atom is 0.237 e. The monoisotopic (exact) mass is 550 g/mol. The van der Waals surface area contributed by atoms with Gasteiger partial charge in [-0.05, 0) is 49.9 Å². The normalized spacial score (nSPS) is 19.8. The lowest BCUT2D eigenvalue weighted by Crippen LogP contribution is -2.54. The molecule has 0 radical (unpaired) electrons. The highest BCUT2D eigenvalue weighted by Crippen LogP contribution is 2.54. The zero-order chi connectivity index (χ0) is 28.9. The lowest BCUT2D eigenvalue weighted by atomic mass is 9.75. The van der Waals surface area contributed by atoms with Crippen LogP contribution in [0.2, 0.25) is 0 Å². The van der Waals surface area contributed by atoms with Crippen LogP contribution in [0.5, 0.6) is 0 Å². The molecule has 0 saturated carbocycles. The van der Waals surface area contributed by atoms with Crippen molar-refractivity contribution in [1.82, 2.24) is 24.5 Å². The summed E-state index contributed by atoms with van der Waals surface area (Å²) in [6.45, 7) is 9.17. The van der Waals surface area contributed by atoms with Crippen LogP contribution in [0.15, 0.2) is 109 Å². The molecule has 6 heteroatoms. The lowest BCUT2D eigenvalue weighted by Gasteiger charge is -2.44. The average Bonchev–Trinajstić information content (AvgIpc) is 3.52. The minimum absolute atomic E-state index is 0.232. The van der Waals surface area contributed by atoms with Crippen molar-refractivity contribution in [1.29, 1.82) is 0 Å². The van der Waals surface area contributed by atoms with E-state index in [1.165, 1.54) is 5.56 Å². The molecule has 7 rings (SSSR count). The molecule has 208 valence electrons. The molecular weight excluding hydrogens is 516 g/mol. The van der Waals surface area contributed by atoms with E-state index in [4.69, 9.17) is 19.9 Å². The fourth-order valence-electron chi connectivity index (χ4n) is 6.49. The summed E-state index contributed by atoms with van der Waals surface area (Å²) in [6.07, 6.45) is 1.83. The van der Waals surface area contributed by atoms with Crippen LogP contribution in [-0.4, -0.2) is 30.0 Å². The predicted molar refractivity (Wildman–Crippen MR) is 171 cm³/mol. The van der Waals surface area contributed by atoms with E-state index in [1.807, 2.05) is 30.3 Å². The van der Waals surface area contributed by atoms with Crippen molar-refractivity contribution in [3.63, 3.8) is 0 Å². The molecule has 6 aromatic rings. The van der Waals surface area contributed by atoms with E-state index < -0.39 is 0 Å². The lowest BCUT2D eigenvalue weighted by molar-refractivity contribution is 0.192. The average molecular weight is 551 g/mol. The Hall–Kier alpha value is -4.84. The molecule has 0 aliphatic carbocycles. The highest BCUT2D eigenvalue weighted by molar-refractivity contribution is 5.83. The molecule has 1 aliphatic heterocycles. The fourth-order valence-corrected chi connectivity index (χ4v) is 6.49. The van der Waals surface area contributed by atoms with E-state index in [2.05, 4.69) is 116 Å². The van der Waals surface area contributed by atoms with Gasteiger partial charge in [-0.25, -0.2) is 9.97 Å². The molecule has 0 fully saturated rings. The Morgan fingerprint density at radius 2 is 1.02 bits per heavy atom. The maximum absolute atomic E-state index is 5.18. The Labute approximate surface area is 246 Å². The number of imidazole rings is 1. The molecule has 6 nitrogen and oxygen atoms in total. The van der Waals surface area contributed by atoms with E-state index in [0.717, 1.165) is 46.5 Å². The molecule has 3 heterocycles. The van der Waals surface area contributed by atoms with Crippen LogP contribution in [0.4, 0.5) is 11.9 Å². The van der Waals surface area contributed by atoms with Crippen LogP contribution in [0.3, 0.4) is 0 Å².